The molecule has 2 aromatic rings. The van der Waals surface area contributed by atoms with Gasteiger partial charge in [-0.1, -0.05) is 30.3 Å². The first-order valence-electron chi connectivity index (χ1n) is 6.35. The number of nitrogens with zero attached hydrogens (tertiary/aromatic N) is 1. The topological polar surface area (TPSA) is 33.6 Å². The molecule has 0 aliphatic rings. The van der Waals surface area contributed by atoms with E-state index >= 15 is 0 Å². The van der Waals surface area contributed by atoms with Gasteiger partial charge in [0.05, 0.1) is 18.0 Å². The lowest BCUT2D eigenvalue weighted by Gasteiger charge is -2.11. The maximum Gasteiger partial charge on any atom is 0.128 e. The van der Waals surface area contributed by atoms with E-state index in [4.69, 9.17) is 4.74 Å². The van der Waals surface area contributed by atoms with Crippen LogP contribution in [0.5, 0.6) is 5.75 Å². The van der Waals surface area contributed by atoms with Crippen molar-refractivity contribution >= 4 is 11.9 Å². The average molecular weight is 254 g/mol. The quantitative estimate of drug-likeness (QED) is 0.648. The van der Waals surface area contributed by atoms with E-state index in [9.17, 15) is 0 Å². The fourth-order valence-corrected chi connectivity index (χ4v) is 1.64. The second-order valence-corrected chi connectivity index (χ2v) is 4.44. The fourth-order valence-electron chi connectivity index (χ4n) is 1.64. The summed E-state index contributed by atoms with van der Waals surface area (Å²) in [5.74, 6) is 0.844. The standard InChI is InChI=1S/C16H18N2O/c1-13(2)19-16-11-7-6-8-14(16)12-17-18-15-9-4-3-5-10-15/h3-13,18H,1-2H3/b17-12+. The van der Waals surface area contributed by atoms with Crippen LogP contribution in [0.1, 0.15) is 19.4 Å². The summed E-state index contributed by atoms with van der Waals surface area (Å²) < 4.78 is 5.73. The monoisotopic (exact) mass is 254 g/mol. The van der Waals surface area contributed by atoms with Gasteiger partial charge in [0.2, 0.25) is 0 Å². The van der Waals surface area contributed by atoms with E-state index in [2.05, 4.69) is 10.5 Å². The molecule has 3 heteroatoms. The molecule has 19 heavy (non-hydrogen) atoms. The van der Waals surface area contributed by atoms with Crippen LogP contribution in [0.25, 0.3) is 0 Å². The summed E-state index contributed by atoms with van der Waals surface area (Å²) in [7, 11) is 0. The maximum atomic E-state index is 5.73. The molecule has 1 N–H and O–H groups in total. The largest absolute Gasteiger partial charge is 0.490 e. The molecule has 0 bridgehead atoms. The van der Waals surface area contributed by atoms with Crippen LogP contribution in [0.15, 0.2) is 59.7 Å². The van der Waals surface area contributed by atoms with Crippen molar-refractivity contribution in [2.24, 2.45) is 5.10 Å². The Morgan fingerprint density at radius 2 is 1.68 bits per heavy atom. The van der Waals surface area contributed by atoms with Gasteiger partial charge in [0.1, 0.15) is 5.75 Å². The van der Waals surface area contributed by atoms with Crippen LogP contribution in [0, 0.1) is 0 Å². The molecular formula is C16H18N2O. The molecule has 0 unspecified atom stereocenters. The zero-order valence-corrected chi connectivity index (χ0v) is 11.2. The molecule has 0 heterocycles. The van der Waals surface area contributed by atoms with Crippen molar-refractivity contribution in [2.45, 2.75) is 20.0 Å². The molecule has 0 radical (unpaired) electrons. The highest BCUT2D eigenvalue weighted by atomic mass is 16.5. The van der Waals surface area contributed by atoms with Gasteiger partial charge in [0.25, 0.3) is 0 Å². The predicted molar refractivity (Wildman–Crippen MR) is 79.9 cm³/mol. The van der Waals surface area contributed by atoms with E-state index in [1.54, 1.807) is 6.21 Å². The summed E-state index contributed by atoms with van der Waals surface area (Å²) in [6.07, 6.45) is 1.92. The number of hydrazone groups is 1. The third-order valence-electron chi connectivity index (χ3n) is 2.45. The average Bonchev–Trinajstić information content (AvgIpc) is 2.41. The first-order valence-corrected chi connectivity index (χ1v) is 6.35. The first kappa shape index (κ1) is 13.1. The van der Waals surface area contributed by atoms with Gasteiger partial charge in [0.15, 0.2) is 0 Å². The molecule has 0 saturated carbocycles. The Morgan fingerprint density at radius 3 is 2.42 bits per heavy atom. The number of hydrogen-bond donors (Lipinski definition) is 1. The van der Waals surface area contributed by atoms with Crippen molar-refractivity contribution in [2.75, 3.05) is 5.43 Å². The van der Waals surface area contributed by atoms with Crippen molar-refractivity contribution in [3.8, 4) is 5.75 Å². The van der Waals surface area contributed by atoms with Gasteiger partial charge in [-0.15, -0.1) is 0 Å². The van der Waals surface area contributed by atoms with E-state index in [0.717, 1.165) is 17.0 Å². The maximum absolute atomic E-state index is 5.73. The van der Waals surface area contributed by atoms with E-state index in [-0.39, 0.29) is 6.10 Å². The highest BCUT2D eigenvalue weighted by Gasteiger charge is 2.02. The van der Waals surface area contributed by atoms with Crippen LogP contribution in [-0.4, -0.2) is 12.3 Å². The minimum Gasteiger partial charge on any atom is -0.490 e. The van der Waals surface area contributed by atoms with E-state index < -0.39 is 0 Å². The van der Waals surface area contributed by atoms with Crippen molar-refractivity contribution in [1.29, 1.82) is 0 Å². The molecule has 0 aliphatic carbocycles. The summed E-state index contributed by atoms with van der Waals surface area (Å²) >= 11 is 0. The molecule has 0 amide bonds. The lowest BCUT2D eigenvalue weighted by molar-refractivity contribution is 0.242. The van der Waals surface area contributed by atoms with Crippen LogP contribution < -0.4 is 10.2 Å². The number of ether oxygens (including phenoxy) is 1. The van der Waals surface area contributed by atoms with Gasteiger partial charge in [-0.05, 0) is 38.1 Å². The molecule has 2 rings (SSSR count). The number of benzene rings is 2. The van der Waals surface area contributed by atoms with E-state index in [1.165, 1.54) is 0 Å². The van der Waals surface area contributed by atoms with Crippen molar-refractivity contribution in [3.63, 3.8) is 0 Å². The normalized spacial score (nSPS) is 10.9. The third kappa shape index (κ3) is 4.14. The van der Waals surface area contributed by atoms with Crippen LogP contribution in [0.2, 0.25) is 0 Å². The van der Waals surface area contributed by atoms with Gasteiger partial charge in [0, 0.05) is 5.56 Å². The number of hydrogen-bond acceptors (Lipinski definition) is 3. The molecule has 0 fully saturated rings. The Morgan fingerprint density at radius 1 is 1.00 bits per heavy atom. The highest BCUT2D eigenvalue weighted by Crippen LogP contribution is 2.17. The second kappa shape index (κ2) is 6.59. The van der Waals surface area contributed by atoms with Gasteiger partial charge >= 0.3 is 0 Å². The number of nitrogens with one attached hydrogen (secondary N) is 1. The summed E-state index contributed by atoms with van der Waals surface area (Å²) in [6.45, 7) is 4.02. The van der Waals surface area contributed by atoms with Gasteiger partial charge in [-0.3, -0.25) is 5.43 Å². The smallest absolute Gasteiger partial charge is 0.128 e. The SMILES string of the molecule is CC(C)Oc1ccccc1/C=N/Nc1ccccc1. The Kier molecular flexibility index (Phi) is 4.56. The highest BCUT2D eigenvalue weighted by molar-refractivity contribution is 5.84. The van der Waals surface area contributed by atoms with Crippen molar-refractivity contribution in [1.82, 2.24) is 0 Å². The van der Waals surface area contributed by atoms with Gasteiger partial charge < -0.3 is 4.74 Å². The number of anilines is 1. The molecular weight excluding hydrogens is 236 g/mol. The number of rotatable bonds is 5. The third-order valence-corrected chi connectivity index (χ3v) is 2.45. The molecule has 0 aromatic heterocycles. The van der Waals surface area contributed by atoms with Crippen LogP contribution in [0.3, 0.4) is 0 Å². The Hall–Kier alpha value is -2.29. The number of para-hydroxylation sites is 2. The van der Waals surface area contributed by atoms with E-state index in [0.29, 0.717) is 0 Å². The molecule has 0 spiro atoms. The minimum absolute atomic E-state index is 0.150. The van der Waals surface area contributed by atoms with Crippen molar-refractivity contribution < 1.29 is 4.74 Å². The summed E-state index contributed by atoms with van der Waals surface area (Å²) in [6, 6.07) is 17.7. The second-order valence-electron chi connectivity index (χ2n) is 4.44. The van der Waals surface area contributed by atoms with Gasteiger partial charge in [-0.2, -0.15) is 5.10 Å². The lowest BCUT2D eigenvalue weighted by Crippen LogP contribution is -2.07. The van der Waals surface area contributed by atoms with Crippen LogP contribution in [-0.2, 0) is 0 Å². The fraction of sp³-hybridized carbons (Fsp3) is 0.188. The minimum atomic E-state index is 0.150. The zero-order chi connectivity index (χ0) is 13.5. The summed E-state index contributed by atoms with van der Waals surface area (Å²) in [5.41, 5.74) is 4.90. The summed E-state index contributed by atoms with van der Waals surface area (Å²) in [4.78, 5) is 0. The molecule has 98 valence electrons. The van der Waals surface area contributed by atoms with Crippen LogP contribution in [0.4, 0.5) is 5.69 Å². The lowest BCUT2D eigenvalue weighted by atomic mass is 10.2. The molecule has 0 saturated heterocycles. The van der Waals surface area contributed by atoms with Crippen molar-refractivity contribution in [3.05, 3.63) is 60.2 Å². The van der Waals surface area contributed by atoms with Crippen LogP contribution >= 0.6 is 0 Å². The van der Waals surface area contributed by atoms with Gasteiger partial charge in [-0.25, -0.2) is 0 Å². The first-order chi connectivity index (χ1) is 9.25. The van der Waals surface area contributed by atoms with E-state index in [1.807, 2.05) is 68.4 Å². The summed E-state index contributed by atoms with van der Waals surface area (Å²) in [5, 5.41) is 4.22. The Balaban J connectivity index is 2.06. The zero-order valence-electron chi connectivity index (χ0n) is 11.2. The Bertz CT molecular complexity index is 535. The molecule has 3 nitrogen and oxygen atoms in total. The Labute approximate surface area is 113 Å². The molecule has 0 atom stereocenters. The molecule has 0 aliphatic heterocycles. The molecule has 2 aromatic carbocycles. The predicted octanol–water partition coefficient (Wildman–Crippen LogP) is 3.92.